The minimum absolute atomic E-state index is 0.0283. The Morgan fingerprint density at radius 1 is 1.12 bits per heavy atom. The Kier molecular flexibility index (Phi) is 5.26. The number of nitrogens with zero attached hydrogens (tertiary/aromatic N) is 5. The summed E-state index contributed by atoms with van der Waals surface area (Å²) in [5.41, 5.74) is -0.213. The molecule has 1 spiro atoms. The van der Waals surface area contributed by atoms with E-state index in [1.165, 1.54) is 12.3 Å². The molecule has 1 atom stereocenters. The maximum absolute atomic E-state index is 14.4. The molecule has 3 amide bonds. The molecule has 1 saturated heterocycles. The first-order valence-electron chi connectivity index (χ1n) is 10.9. The van der Waals surface area contributed by atoms with Gasteiger partial charge in [-0.1, -0.05) is 0 Å². The van der Waals surface area contributed by atoms with Gasteiger partial charge in [0.25, 0.3) is 5.92 Å². The molecule has 0 aromatic carbocycles. The van der Waals surface area contributed by atoms with Crippen molar-refractivity contribution in [2.45, 2.75) is 31.6 Å². The fourth-order valence-electron chi connectivity index (χ4n) is 4.58. The van der Waals surface area contributed by atoms with E-state index >= 15 is 0 Å². The van der Waals surface area contributed by atoms with Crippen molar-refractivity contribution in [1.29, 1.82) is 0 Å². The minimum Gasteiger partial charge on any atom is -0.456 e. The van der Waals surface area contributed by atoms with Crippen LogP contribution >= 0.6 is 0 Å². The van der Waals surface area contributed by atoms with E-state index in [1.54, 1.807) is 35.3 Å². The third-order valence-electron chi connectivity index (χ3n) is 6.40. The van der Waals surface area contributed by atoms with Gasteiger partial charge in [-0.15, -0.1) is 0 Å². The lowest BCUT2D eigenvalue weighted by Crippen LogP contribution is -2.46. The Bertz CT molecular complexity index is 1250. The zero-order chi connectivity index (χ0) is 23.9. The van der Waals surface area contributed by atoms with Crippen molar-refractivity contribution in [2.75, 3.05) is 11.9 Å². The highest BCUT2D eigenvalue weighted by atomic mass is 19.3. The van der Waals surface area contributed by atoms with Crippen LogP contribution in [0.2, 0.25) is 0 Å². The predicted molar refractivity (Wildman–Crippen MR) is 117 cm³/mol. The van der Waals surface area contributed by atoms with E-state index in [0.717, 1.165) is 10.5 Å². The van der Waals surface area contributed by atoms with Gasteiger partial charge >= 0.3 is 6.03 Å². The second kappa shape index (κ2) is 8.15. The van der Waals surface area contributed by atoms with Crippen LogP contribution in [-0.4, -0.2) is 49.1 Å². The van der Waals surface area contributed by atoms with Gasteiger partial charge in [-0.05, 0) is 37.5 Å². The van der Waals surface area contributed by atoms with Crippen LogP contribution in [0.3, 0.4) is 0 Å². The molecule has 34 heavy (non-hydrogen) atoms. The number of pyridine rings is 2. The van der Waals surface area contributed by atoms with Crippen LogP contribution in [0, 0.1) is 5.41 Å². The smallest absolute Gasteiger partial charge is 0.329 e. The molecule has 4 heterocycles. The monoisotopic (exact) mass is 468 g/mol. The van der Waals surface area contributed by atoms with Crippen LogP contribution in [0.4, 0.5) is 19.4 Å². The predicted octanol–water partition coefficient (Wildman–Crippen LogP) is 4.24. The molecule has 3 aromatic rings. The number of urea groups is 1. The Morgan fingerprint density at radius 3 is 2.65 bits per heavy atom. The standard InChI is InChI=1S/C23H22F2N6O3/c1-30-14-15(12-28-30)18-11-16(5-9-26-18)34-17-3-4-19(27-13-17)29-21(33)31-10-8-22(20(31)32)6-2-7-23(22,24)25/h3-5,9,11-14H,2,6-8,10H2,1H3,(H,27,29,33). The third kappa shape index (κ3) is 3.76. The number of aryl methyl sites for hydroxylation is 1. The van der Waals surface area contributed by atoms with Gasteiger partial charge < -0.3 is 4.74 Å². The quantitative estimate of drug-likeness (QED) is 0.615. The Morgan fingerprint density at radius 2 is 1.97 bits per heavy atom. The maximum Gasteiger partial charge on any atom is 0.329 e. The van der Waals surface area contributed by atoms with Gasteiger partial charge in [-0.3, -0.25) is 24.7 Å². The molecule has 0 radical (unpaired) electrons. The van der Waals surface area contributed by atoms with Gasteiger partial charge in [0.1, 0.15) is 22.7 Å². The summed E-state index contributed by atoms with van der Waals surface area (Å²) in [5.74, 6) is -2.76. The molecular weight excluding hydrogens is 446 g/mol. The number of halogens is 2. The largest absolute Gasteiger partial charge is 0.456 e. The molecule has 0 bridgehead atoms. The number of likely N-dealkylation sites (tertiary alicyclic amines) is 1. The van der Waals surface area contributed by atoms with Crippen molar-refractivity contribution < 1.29 is 23.1 Å². The number of anilines is 1. The zero-order valence-corrected chi connectivity index (χ0v) is 18.4. The molecule has 176 valence electrons. The van der Waals surface area contributed by atoms with Gasteiger partial charge in [-0.2, -0.15) is 5.10 Å². The van der Waals surface area contributed by atoms with Crippen molar-refractivity contribution in [3.8, 4) is 22.8 Å². The lowest BCUT2D eigenvalue weighted by atomic mass is 9.82. The first kappa shape index (κ1) is 21.9. The first-order chi connectivity index (χ1) is 16.3. The summed E-state index contributed by atoms with van der Waals surface area (Å²) < 4.78 is 36.2. The molecule has 11 heteroatoms. The highest BCUT2D eigenvalue weighted by Crippen LogP contribution is 2.56. The topological polar surface area (TPSA) is 102 Å². The summed E-state index contributed by atoms with van der Waals surface area (Å²) in [6.45, 7) is -0.0389. The van der Waals surface area contributed by atoms with E-state index in [4.69, 9.17) is 4.74 Å². The summed E-state index contributed by atoms with van der Waals surface area (Å²) in [5, 5.41) is 6.64. The fourth-order valence-corrected chi connectivity index (χ4v) is 4.58. The number of ether oxygens (including phenoxy) is 1. The summed E-state index contributed by atoms with van der Waals surface area (Å²) in [7, 11) is 1.82. The van der Waals surface area contributed by atoms with E-state index in [-0.39, 0.29) is 38.0 Å². The maximum atomic E-state index is 14.4. The van der Waals surface area contributed by atoms with E-state index in [2.05, 4.69) is 20.4 Å². The SMILES string of the molecule is Cn1cc(-c2cc(Oc3ccc(NC(=O)N4CCC5(CCCC5(F)F)C4=O)nc3)ccn2)cn1. The minimum atomic E-state index is -3.08. The molecule has 3 aromatic heterocycles. The highest BCUT2D eigenvalue weighted by Gasteiger charge is 2.65. The van der Waals surface area contributed by atoms with Crippen molar-refractivity contribution in [2.24, 2.45) is 12.5 Å². The molecule has 1 N–H and O–H groups in total. The molecule has 1 aliphatic heterocycles. The average Bonchev–Trinajstić information content (AvgIpc) is 3.48. The van der Waals surface area contributed by atoms with Gasteiger partial charge in [0.2, 0.25) is 5.91 Å². The lowest BCUT2D eigenvalue weighted by Gasteiger charge is -2.28. The molecule has 1 aliphatic carbocycles. The number of aromatic nitrogens is 4. The number of rotatable bonds is 4. The average molecular weight is 468 g/mol. The second-order valence-electron chi connectivity index (χ2n) is 8.54. The number of carbonyl (C=O) groups excluding carboxylic acids is 2. The van der Waals surface area contributed by atoms with E-state index in [1.807, 2.05) is 13.2 Å². The van der Waals surface area contributed by atoms with Crippen LogP contribution in [0.25, 0.3) is 11.3 Å². The van der Waals surface area contributed by atoms with Crippen molar-refractivity contribution in [3.05, 3.63) is 49.1 Å². The number of hydrogen-bond acceptors (Lipinski definition) is 6. The summed E-state index contributed by atoms with van der Waals surface area (Å²) in [6, 6.07) is 5.81. The molecule has 1 unspecified atom stereocenters. The molecule has 1 saturated carbocycles. The van der Waals surface area contributed by atoms with E-state index < -0.39 is 23.3 Å². The molecule has 2 fully saturated rings. The van der Waals surface area contributed by atoms with Crippen LogP contribution in [0.1, 0.15) is 25.7 Å². The van der Waals surface area contributed by atoms with Crippen LogP contribution in [-0.2, 0) is 11.8 Å². The molecule has 9 nitrogen and oxygen atoms in total. The van der Waals surface area contributed by atoms with Gasteiger partial charge in [-0.25, -0.2) is 18.6 Å². The zero-order valence-electron chi connectivity index (χ0n) is 18.4. The Labute approximate surface area is 193 Å². The summed E-state index contributed by atoms with van der Waals surface area (Å²) in [6.07, 6.45) is 6.60. The normalized spacial score (nSPS) is 21.3. The van der Waals surface area contributed by atoms with Crippen LogP contribution in [0.15, 0.2) is 49.1 Å². The Balaban J connectivity index is 1.23. The highest BCUT2D eigenvalue weighted by molar-refractivity contribution is 6.04. The van der Waals surface area contributed by atoms with Crippen LogP contribution in [0.5, 0.6) is 11.5 Å². The van der Waals surface area contributed by atoms with Gasteiger partial charge in [0.15, 0.2) is 0 Å². The molecular formula is C23H22F2N6O3. The summed E-state index contributed by atoms with van der Waals surface area (Å²) >= 11 is 0. The van der Waals surface area contributed by atoms with E-state index in [9.17, 15) is 18.4 Å². The lowest BCUT2D eigenvalue weighted by molar-refractivity contribution is -0.153. The van der Waals surface area contributed by atoms with E-state index in [0.29, 0.717) is 17.2 Å². The van der Waals surface area contributed by atoms with Crippen molar-refractivity contribution >= 4 is 17.8 Å². The van der Waals surface area contributed by atoms with Crippen molar-refractivity contribution in [3.63, 3.8) is 0 Å². The number of nitrogens with one attached hydrogen (secondary N) is 1. The number of amides is 3. The molecule has 2 aliphatic rings. The van der Waals surface area contributed by atoms with Crippen LogP contribution < -0.4 is 10.1 Å². The summed E-state index contributed by atoms with van der Waals surface area (Å²) in [4.78, 5) is 34.6. The Hall–Kier alpha value is -3.89. The number of alkyl halides is 2. The van der Waals surface area contributed by atoms with Gasteiger partial charge in [0, 0.05) is 44.0 Å². The third-order valence-corrected chi connectivity index (χ3v) is 6.40. The number of hydrogen-bond donors (Lipinski definition) is 1. The second-order valence-corrected chi connectivity index (χ2v) is 8.54. The fraction of sp³-hybridized carbons (Fsp3) is 0.348. The number of carbonyl (C=O) groups is 2. The first-order valence-corrected chi connectivity index (χ1v) is 10.9. The van der Waals surface area contributed by atoms with Gasteiger partial charge in [0.05, 0.1) is 18.1 Å². The van der Waals surface area contributed by atoms with Crippen molar-refractivity contribution in [1.82, 2.24) is 24.6 Å². The molecule has 5 rings (SSSR count). The number of imide groups is 1.